The van der Waals surface area contributed by atoms with E-state index >= 15 is 0 Å². The second kappa shape index (κ2) is 6.42. The average molecular weight is 236 g/mol. The zero-order valence-corrected chi connectivity index (χ0v) is 11.9. The minimum atomic E-state index is 0.344. The van der Waals surface area contributed by atoms with Crippen LogP contribution in [0.1, 0.15) is 47.0 Å². The van der Waals surface area contributed by atoms with Crippen molar-refractivity contribution in [2.75, 3.05) is 19.6 Å². The van der Waals surface area contributed by atoms with Gasteiger partial charge in [-0.1, -0.05) is 20.8 Å². The lowest BCUT2D eigenvalue weighted by molar-refractivity contribution is 0.0924. The smallest absolute Gasteiger partial charge is 0.0244 e. The Bertz CT molecular complexity index is 259. The molecule has 2 atom stereocenters. The van der Waals surface area contributed by atoms with Gasteiger partial charge in [-0.05, 0) is 31.7 Å². The van der Waals surface area contributed by atoms with Crippen LogP contribution in [0.5, 0.6) is 0 Å². The number of hydrogen-bond donors (Lipinski definition) is 1. The maximum Gasteiger partial charge on any atom is 0.0244 e. The van der Waals surface area contributed by atoms with Crippen molar-refractivity contribution in [1.82, 2.24) is 10.2 Å². The molecular formula is C15H28N2. The van der Waals surface area contributed by atoms with Crippen molar-refractivity contribution in [2.45, 2.75) is 59.0 Å². The summed E-state index contributed by atoms with van der Waals surface area (Å²) >= 11 is 0. The van der Waals surface area contributed by atoms with Gasteiger partial charge in [0.2, 0.25) is 0 Å². The number of nitrogens with zero attached hydrogens (tertiary/aromatic N) is 1. The molecule has 2 heteroatoms. The second-order valence-corrected chi connectivity index (χ2v) is 6.33. The van der Waals surface area contributed by atoms with Crippen LogP contribution >= 0.6 is 0 Å². The molecule has 0 radical (unpaired) electrons. The fraction of sp³-hybridized carbons (Fsp3) is 0.867. The van der Waals surface area contributed by atoms with E-state index in [4.69, 9.17) is 6.42 Å². The lowest BCUT2D eigenvalue weighted by Crippen LogP contribution is -2.59. The molecule has 0 aromatic heterocycles. The summed E-state index contributed by atoms with van der Waals surface area (Å²) in [6, 6.07) is 1.26. The van der Waals surface area contributed by atoms with Crippen molar-refractivity contribution in [3.63, 3.8) is 0 Å². The van der Waals surface area contributed by atoms with Gasteiger partial charge in [0.1, 0.15) is 0 Å². The highest BCUT2D eigenvalue weighted by Gasteiger charge is 2.31. The first-order valence-corrected chi connectivity index (χ1v) is 6.86. The summed E-state index contributed by atoms with van der Waals surface area (Å²) in [5, 5.41) is 3.67. The van der Waals surface area contributed by atoms with Crippen LogP contribution in [-0.4, -0.2) is 36.6 Å². The summed E-state index contributed by atoms with van der Waals surface area (Å²) < 4.78 is 0. The van der Waals surface area contributed by atoms with E-state index in [9.17, 15) is 0 Å². The third-order valence-electron chi connectivity index (χ3n) is 3.76. The van der Waals surface area contributed by atoms with Gasteiger partial charge in [-0.3, -0.25) is 4.90 Å². The normalized spacial score (nSPS) is 26.8. The van der Waals surface area contributed by atoms with Crippen LogP contribution in [0.3, 0.4) is 0 Å². The number of piperazine rings is 1. The summed E-state index contributed by atoms with van der Waals surface area (Å²) in [5.41, 5.74) is 0.344. The highest BCUT2D eigenvalue weighted by atomic mass is 15.2. The molecule has 1 fully saturated rings. The third kappa shape index (κ3) is 4.69. The van der Waals surface area contributed by atoms with Gasteiger partial charge in [-0.15, -0.1) is 12.3 Å². The van der Waals surface area contributed by atoms with Gasteiger partial charge in [-0.25, -0.2) is 0 Å². The van der Waals surface area contributed by atoms with Crippen LogP contribution in [-0.2, 0) is 0 Å². The monoisotopic (exact) mass is 236 g/mol. The molecule has 0 amide bonds. The molecule has 0 aliphatic carbocycles. The number of hydrogen-bond acceptors (Lipinski definition) is 2. The van der Waals surface area contributed by atoms with E-state index in [-0.39, 0.29) is 0 Å². The molecule has 0 spiro atoms. The van der Waals surface area contributed by atoms with Gasteiger partial charge in [0.15, 0.2) is 0 Å². The molecule has 1 heterocycles. The molecular weight excluding hydrogens is 208 g/mol. The van der Waals surface area contributed by atoms with E-state index in [1.54, 1.807) is 0 Å². The van der Waals surface area contributed by atoms with Crippen molar-refractivity contribution in [1.29, 1.82) is 0 Å². The second-order valence-electron chi connectivity index (χ2n) is 6.33. The molecule has 0 aromatic rings. The fourth-order valence-electron chi connectivity index (χ4n) is 2.35. The fourth-order valence-corrected chi connectivity index (χ4v) is 2.35. The van der Waals surface area contributed by atoms with E-state index < -0.39 is 0 Å². The maximum absolute atomic E-state index is 5.28. The van der Waals surface area contributed by atoms with Gasteiger partial charge in [0.05, 0.1) is 0 Å². The largest absolute Gasteiger partial charge is 0.311 e. The minimum absolute atomic E-state index is 0.344. The molecule has 17 heavy (non-hydrogen) atoms. The Morgan fingerprint density at radius 2 is 2.06 bits per heavy atom. The van der Waals surface area contributed by atoms with Crippen molar-refractivity contribution >= 4 is 0 Å². The van der Waals surface area contributed by atoms with Crippen LogP contribution in [0.2, 0.25) is 0 Å². The highest BCUT2D eigenvalue weighted by molar-refractivity contribution is 4.90. The van der Waals surface area contributed by atoms with Gasteiger partial charge in [0.25, 0.3) is 0 Å². The molecule has 0 aromatic carbocycles. The Hall–Kier alpha value is -0.520. The standard InChI is InChI=1S/C15H28N2/c1-6-7-8-9-10-17-12-14(15(3,4)5)16-11-13(17)2/h1,13-14,16H,7-12H2,2-5H3. The molecule has 1 saturated heterocycles. The Kier molecular flexibility index (Phi) is 5.49. The first-order valence-electron chi connectivity index (χ1n) is 6.86. The molecule has 0 saturated carbocycles. The van der Waals surface area contributed by atoms with E-state index in [1.165, 1.54) is 19.5 Å². The molecule has 98 valence electrons. The van der Waals surface area contributed by atoms with Crippen LogP contribution in [0.4, 0.5) is 0 Å². The lowest BCUT2D eigenvalue weighted by Gasteiger charge is -2.44. The van der Waals surface area contributed by atoms with Crippen molar-refractivity contribution in [3.05, 3.63) is 0 Å². The van der Waals surface area contributed by atoms with E-state index in [0.29, 0.717) is 17.5 Å². The predicted octanol–water partition coefficient (Wildman–Crippen LogP) is 2.50. The summed E-state index contributed by atoms with van der Waals surface area (Å²) in [6.45, 7) is 12.7. The first kappa shape index (κ1) is 14.5. The molecule has 2 nitrogen and oxygen atoms in total. The summed E-state index contributed by atoms with van der Waals surface area (Å²) in [7, 11) is 0. The number of nitrogens with one attached hydrogen (secondary N) is 1. The number of terminal acetylenes is 1. The highest BCUT2D eigenvalue weighted by Crippen LogP contribution is 2.23. The zero-order valence-electron chi connectivity index (χ0n) is 11.9. The molecule has 2 unspecified atom stereocenters. The molecule has 1 rings (SSSR count). The van der Waals surface area contributed by atoms with E-state index in [1.807, 2.05) is 0 Å². The molecule has 0 bridgehead atoms. The third-order valence-corrected chi connectivity index (χ3v) is 3.76. The van der Waals surface area contributed by atoms with E-state index in [2.05, 4.69) is 43.8 Å². The molecule has 1 aliphatic heterocycles. The topological polar surface area (TPSA) is 15.3 Å². The average Bonchev–Trinajstić information content (AvgIpc) is 2.25. The van der Waals surface area contributed by atoms with Crippen molar-refractivity contribution in [2.24, 2.45) is 5.41 Å². The lowest BCUT2D eigenvalue weighted by atomic mass is 9.85. The maximum atomic E-state index is 5.28. The molecule has 1 aliphatic rings. The zero-order chi connectivity index (χ0) is 12.9. The molecule has 1 N–H and O–H groups in total. The number of rotatable bonds is 4. The van der Waals surface area contributed by atoms with Crippen molar-refractivity contribution in [3.8, 4) is 12.3 Å². The van der Waals surface area contributed by atoms with E-state index in [0.717, 1.165) is 19.4 Å². The minimum Gasteiger partial charge on any atom is -0.311 e. The Morgan fingerprint density at radius 3 is 2.65 bits per heavy atom. The summed E-state index contributed by atoms with van der Waals surface area (Å²) in [5.74, 6) is 2.72. The Balaban J connectivity index is 2.39. The van der Waals surface area contributed by atoms with Gasteiger partial charge < -0.3 is 5.32 Å². The van der Waals surface area contributed by atoms with Crippen LogP contribution in [0.25, 0.3) is 0 Å². The van der Waals surface area contributed by atoms with Gasteiger partial charge in [0, 0.05) is 31.6 Å². The van der Waals surface area contributed by atoms with Crippen molar-refractivity contribution < 1.29 is 0 Å². The Labute approximate surface area is 107 Å². The quantitative estimate of drug-likeness (QED) is 0.596. The predicted molar refractivity (Wildman–Crippen MR) is 75.0 cm³/mol. The number of unbranched alkanes of at least 4 members (excludes halogenated alkanes) is 2. The van der Waals surface area contributed by atoms with Crippen LogP contribution in [0, 0.1) is 17.8 Å². The van der Waals surface area contributed by atoms with Crippen LogP contribution in [0.15, 0.2) is 0 Å². The first-order chi connectivity index (χ1) is 7.95. The summed E-state index contributed by atoms with van der Waals surface area (Å²) in [6.07, 6.45) is 8.59. The van der Waals surface area contributed by atoms with Gasteiger partial charge >= 0.3 is 0 Å². The Morgan fingerprint density at radius 1 is 1.35 bits per heavy atom. The SMILES string of the molecule is C#CCCCCN1CC(C(C)(C)C)NCC1C. The van der Waals surface area contributed by atoms with Gasteiger partial charge in [-0.2, -0.15) is 0 Å². The summed E-state index contributed by atoms with van der Waals surface area (Å²) in [4.78, 5) is 2.61. The van der Waals surface area contributed by atoms with Crippen LogP contribution < -0.4 is 5.32 Å².